The van der Waals surface area contributed by atoms with E-state index in [4.69, 9.17) is 0 Å². The van der Waals surface area contributed by atoms with Crippen LogP contribution in [0.1, 0.15) is 26.2 Å². The third kappa shape index (κ3) is 3.22. The molecule has 1 atom stereocenters. The zero-order valence-electron chi connectivity index (χ0n) is 7.73. The van der Waals surface area contributed by atoms with Gasteiger partial charge in [0.15, 0.2) is 0 Å². The molecule has 1 rings (SSSR count). The summed E-state index contributed by atoms with van der Waals surface area (Å²) in [6, 6.07) is 0. The Morgan fingerprint density at radius 3 is 3.08 bits per heavy atom. The highest BCUT2D eigenvalue weighted by Gasteiger charge is 2.14. The number of amides is 1. The van der Waals surface area contributed by atoms with Crippen molar-refractivity contribution >= 4 is 5.91 Å². The molecule has 1 aliphatic rings. The third-order valence-corrected chi connectivity index (χ3v) is 2.23. The highest BCUT2D eigenvalue weighted by atomic mass is 16.1. The lowest BCUT2D eigenvalue weighted by Crippen LogP contribution is -2.29. The molecule has 1 saturated heterocycles. The molecule has 3 heteroatoms. The first-order valence-corrected chi connectivity index (χ1v) is 4.80. The van der Waals surface area contributed by atoms with Crippen LogP contribution in [0, 0.1) is 5.92 Å². The van der Waals surface area contributed by atoms with E-state index in [1.165, 1.54) is 6.42 Å². The van der Waals surface area contributed by atoms with Gasteiger partial charge in [-0.2, -0.15) is 0 Å². The van der Waals surface area contributed by atoms with Crippen molar-refractivity contribution in [2.75, 3.05) is 19.6 Å². The average molecular weight is 170 g/mol. The number of carbonyl (C=O) groups excluding carboxylic acids is 1. The van der Waals surface area contributed by atoms with Gasteiger partial charge in [0.1, 0.15) is 0 Å². The van der Waals surface area contributed by atoms with E-state index >= 15 is 0 Å². The van der Waals surface area contributed by atoms with Gasteiger partial charge >= 0.3 is 0 Å². The molecule has 0 aromatic carbocycles. The summed E-state index contributed by atoms with van der Waals surface area (Å²) in [5.41, 5.74) is 0. The van der Waals surface area contributed by atoms with E-state index in [9.17, 15) is 4.79 Å². The minimum atomic E-state index is 0.199. The van der Waals surface area contributed by atoms with Crippen molar-refractivity contribution in [2.24, 2.45) is 5.92 Å². The number of rotatable bonds is 4. The summed E-state index contributed by atoms with van der Waals surface area (Å²) in [5.74, 6) is 0.857. The van der Waals surface area contributed by atoms with Crippen molar-refractivity contribution in [3.63, 3.8) is 0 Å². The van der Waals surface area contributed by atoms with Crippen LogP contribution >= 0.6 is 0 Å². The molecule has 0 spiro atoms. The van der Waals surface area contributed by atoms with Crippen molar-refractivity contribution in [3.05, 3.63) is 0 Å². The molecule has 0 bridgehead atoms. The van der Waals surface area contributed by atoms with E-state index in [-0.39, 0.29) is 5.91 Å². The fourth-order valence-corrected chi connectivity index (χ4v) is 1.46. The predicted octanol–water partition coefficient (Wildman–Crippen LogP) is 0.512. The molecular formula is C9H18N2O. The van der Waals surface area contributed by atoms with Crippen molar-refractivity contribution in [1.29, 1.82) is 0 Å². The van der Waals surface area contributed by atoms with Gasteiger partial charge in [-0.3, -0.25) is 4.79 Å². The second-order valence-electron chi connectivity index (χ2n) is 3.41. The van der Waals surface area contributed by atoms with Gasteiger partial charge in [-0.05, 0) is 31.8 Å². The summed E-state index contributed by atoms with van der Waals surface area (Å²) in [6.07, 6.45) is 2.81. The third-order valence-electron chi connectivity index (χ3n) is 2.23. The Hall–Kier alpha value is -0.570. The monoisotopic (exact) mass is 170 g/mol. The first-order chi connectivity index (χ1) is 5.83. The summed E-state index contributed by atoms with van der Waals surface area (Å²) in [7, 11) is 0. The molecule has 1 aliphatic heterocycles. The molecule has 0 radical (unpaired) electrons. The fourth-order valence-electron chi connectivity index (χ4n) is 1.46. The van der Waals surface area contributed by atoms with Gasteiger partial charge in [0.25, 0.3) is 0 Å². The van der Waals surface area contributed by atoms with E-state index in [0.717, 1.165) is 26.1 Å². The number of hydrogen-bond acceptors (Lipinski definition) is 2. The largest absolute Gasteiger partial charge is 0.356 e. The summed E-state index contributed by atoms with van der Waals surface area (Å²) in [5, 5.41) is 6.22. The second-order valence-corrected chi connectivity index (χ2v) is 3.41. The van der Waals surface area contributed by atoms with Gasteiger partial charge < -0.3 is 10.6 Å². The lowest BCUT2D eigenvalue weighted by molar-refractivity contribution is -0.121. The van der Waals surface area contributed by atoms with Crippen LogP contribution in [-0.2, 0) is 4.79 Å². The first kappa shape index (κ1) is 9.52. The zero-order chi connectivity index (χ0) is 8.81. The van der Waals surface area contributed by atoms with Crippen molar-refractivity contribution in [3.8, 4) is 0 Å². The maximum absolute atomic E-state index is 11.1. The van der Waals surface area contributed by atoms with Crippen molar-refractivity contribution in [1.82, 2.24) is 10.6 Å². The number of carbonyl (C=O) groups is 1. The smallest absolute Gasteiger partial charge is 0.219 e. The lowest BCUT2D eigenvalue weighted by atomic mass is 10.1. The molecule has 0 unspecified atom stereocenters. The minimum absolute atomic E-state index is 0.199. The fraction of sp³-hybridized carbons (Fsp3) is 0.889. The molecule has 70 valence electrons. The van der Waals surface area contributed by atoms with E-state index in [2.05, 4.69) is 10.6 Å². The Bertz CT molecular complexity index is 141. The quantitative estimate of drug-likeness (QED) is 0.645. The van der Waals surface area contributed by atoms with Gasteiger partial charge in [0, 0.05) is 13.0 Å². The molecule has 2 N–H and O–H groups in total. The van der Waals surface area contributed by atoms with Gasteiger partial charge in [-0.15, -0.1) is 0 Å². The second kappa shape index (κ2) is 5.14. The van der Waals surface area contributed by atoms with Gasteiger partial charge in [0.2, 0.25) is 5.91 Å². The van der Waals surface area contributed by atoms with E-state index in [1.807, 2.05) is 6.92 Å². The van der Waals surface area contributed by atoms with Crippen LogP contribution in [0.4, 0.5) is 0 Å². The molecule has 0 aliphatic carbocycles. The van der Waals surface area contributed by atoms with E-state index in [1.54, 1.807) is 0 Å². The maximum atomic E-state index is 11.1. The molecule has 3 nitrogen and oxygen atoms in total. The Kier molecular flexibility index (Phi) is 4.08. The Morgan fingerprint density at radius 1 is 1.67 bits per heavy atom. The average Bonchev–Trinajstić information content (AvgIpc) is 2.53. The normalized spacial score (nSPS) is 22.6. The van der Waals surface area contributed by atoms with E-state index < -0.39 is 0 Å². The molecule has 1 amide bonds. The Labute approximate surface area is 73.9 Å². The van der Waals surface area contributed by atoms with Crippen LogP contribution < -0.4 is 10.6 Å². The highest BCUT2D eigenvalue weighted by molar-refractivity contribution is 5.75. The number of nitrogens with one attached hydrogen (secondary N) is 2. The standard InChI is InChI=1S/C9H18N2O/c1-2-3-9(12)11-7-8-4-5-10-6-8/h8,10H,2-7H2,1H3,(H,11,12)/t8-/m1/s1. The van der Waals surface area contributed by atoms with Crippen LogP contribution in [0.5, 0.6) is 0 Å². The minimum Gasteiger partial charge on any atom is -0.356 e. The van der Waals surface area contributed by atoms with Gasteiger partial charge in [-0.25, -0.2) is 0 Å². The lowest BCUT2D eigenvalue weighted by Gasteiger charge is -2.08. The topological polar surface area (TPSA) is 41.1 Å². The maximum Gasteiger partial charge on any atom is 0.219 e. The van der Waals surface area contributed by atoms with Gasteiger partial charge in [-0.1, -0.05) is 6.92 Å². The predicted molar refractivity (Wildman–Crippen MR) is 48.9 cm³/mol. The van der Waals surface area contributed by atoms with Gasteiger partial charge in [0.05, 0.1) is 0 Å². The summed E-state index contributed by atoms with van der Waals surface area (Å²) >= 11 is 0. The van der Waals surface area contributed by atoms with Crippen molar-refractivity contribution in [2.45, 2.75) is 26.2 Å². The van der Waals surface area contributed by atoms with Crippen LogP contribution in [-0.4, -0.2) is 25.5 Å². The molecule has 0 aromatic heterocycles. The van der Waals surface area contributed by atoms with Crippen molar-refractivity contribution < 1.29 is 4.79 Å². The summed E-state index contributed by atoms with van der Waals surface area (Å²) in [6.45, 7) is 5.04. The van der Waals surface area contributed by atoms with Crippen LogP contribution in [0.25, 0.3) is 0 Å². The summed E-state index contributed by atoms with van der Waals surface area (Å²) in [4.78, 5) is 11.1. The van der Waals surface area contributed by atoms with Crippen LogP contribution in [0.15, 0.2) is 0 Å². The molecule has 1 fully saturated rings. The molecule has 0 saturated carbocycles. The zero-order valence-corrected chi connectivity index (χ0v) is 7.73. The highest BCUT2D eigenvalue weighted by Crippen LogP contribution is 2.05. The summed E-state index contributed by atoms with van der Waals surface area (Å²) < 4.78 is 0. The molecule has 0 aromatic rings. The van der Waals surface area contributed by atoms with E-state index in [0.29, 0.717) is 12.3 Å². The SMILES string of the molecule is CCCC(=O)NC[C@@H]1CCNC1. The Morgan fingerprint density at radius 2 is 2.50 bits per heavy atom. The molecule has 12 heavy (non-hydrogen) atoms. The van der Waals surface area contributed by atoms with Crippen LogP contribution in [0.3, 0.4) is 0 Å². The Balaban J connectivity index is 2.03. The number of hydrogen-bond donors (Lipinski definition) is 2. The van der Waals surface area contributed by atoms with Crippen LogP contribution in [0.2, 0.25) is 0 Å². The first-order valence-electron chi connectivity index (χ1n) is 4.80. The molecular weight excluding hydrogens is 152 g/mol. The molecule has 1 heterocycles.